The van der Waals surface area contributed by atoms with E-state index in [-0.39, 0.29) is 56.8 Å². The summed E-state index contributed by atoms with van der Waals surface area (Å²) in [6.07, 6.45) is 11.9. The minimum Gasteiger partial charge on any atom is -0.462 e. The largest absolute Gasteiger partial charge is 0.462 e. The molecule has 262 valence electrons. The Hall–Kier alpha value is -2.23. The number of hydrogen-bond donors (Lipinski definition) is 0. The third kappa shape index (κ3) is 4.54. The average molecular weight is 655 g/mol. The Balaban J connectivity index is 1.10. The van der Waals surface area contributed by atoms with Gasteiger partial charge in [0, 0.05) is 11.8 Å². The van der Waals surface area contributed by atoms with Crippen LogP contribution in [0.15, 0.2) is 41.5 Å². The van der Waals surface area contributed by atoms with Crippen molar-refractivity contribution in [1.29, 1.82) is 0 Å². The molecule has 4 heteroatoms. The molecule has 6 aliphatic carbocycles. The number of carbonyl (C=O) groups is 3. The zero-order chi connectivity index (χ0) is 34.7. The molecule has 4 nitrogen and oxygen atoms in total. The number of esters is 1. The highest BCUT2D eigenvalue weighted by molar-refractivity contribution is 6.03. The predicted molar refractivity (Wildman–Crippen MR) is 191 cm³/mol. The summed E-state index contributed by atoms with van der Waals surface area (Å²) in [4.78, 5) is 40.1. The summed E-state index contributed by atoms with van der Waals surface area (Å²) in [6, 6.07) is 10.7. The molecule has 0 N–H and O–H groups in total. The van der Waals surface area contributed by atoms with Crippen LogP contribution >= 0.6 is 0 Å². The van der Waals surface area contributed by atoms with Crippen LogP contribution in [0.25, 0.3) is 0 Å². The SMILES string of the molecule is CC(C)C1=C2[C@H]3CC[C@@H]4[C@@]5(C)CC[C@H](OC(=O)[C@H]6C[C@@H](Cc7ccccc7)C6(C)C)C(C)(C)[C@@H]5CC[C@@]4(C)[C@]3(C)CC[C@@]2(C=O)CC1=O. The fourth-order valence-corrected chi connectivity index (χ4v) is 13.9. The molecule has 6 aliphatic rings. The molecule has 0 bridgehead atoms. The number of hydrogen-bond acceptors (Lipinski definition) is 4. The van der Waals surface area contributed by atoms with E-state index in [0.29, 0.717) is 30.1 Å². The van der Waals surface area contributed by atoms with E-state index in [0.717, 1.165) is 69.8 Å². The van der Waals surface area contributed by atoms with Gasteiger partial charge in [-0.2, -0.15) is 0 Å². The van der Waals surface area contributed by atoms with E-state index in [1.165, 1.54) is 17.4 Å². The van der Waals surface area contributed by atoms with Crippen LogP contribution in [0.2, 0.25) is 0 Å². The number of rotatable bonds is 6. The maximum Gasteiger partial charge on any atom is 0.309 e. The van der Waals surface area contributed by atoms with Gasteiger partial charge in [-0.15, -0.1) is 0 Å². The van der Waals surface area contributed by atoms with Crippen molar-refractivity contribution in [1.82, 2.24) is 0 Å². The van der Waals surface area contributed by atoms with Crippen LogP contribution in [0.1, 0.15) is 132 Å². The van der Waals surface area contributed by atoms with Crippen molar-refractivity contribution in [3.8, 4) is 0 Å². The van der Waals surface area contributed by atoms with E-state index >= 15 is 0 Å². The minimum absolute atomic E-state index is 0.0286. The van der Waals surface area contributed by atoms with Crippen LogP contribution in [-0.4, -0.2) is 24.1 Å². The molecule has 0 aliphatic heterocycles. The maximum atomic E-state index is 13.9. The number of benzene rings is 1. The van der Waals surface area contributed by atoms with Gasteiger partial charge in [0.25, 0.3) is 0 Å². The number of carbonyl (C=O) groups excluding carboxylic acids is 3. The fraction of sp³-hybridized carbons (Fsp3) is 0.750. The Labute approximate surface area is 290 Å². The molecule has 1 aromatic carbocycles. The summed E-state index contributed by atoms with van der Waals surface area (Å²) in [5.74, 6) is 2.27. The van der Waals surface area contributed by atoms with Gasteiger partial charge in [-0.25, -0.2) is 0 Å². The highest BCUT2D eigenvalue weighted by Gasteiger charge is 2.70. The molecule has 5 saturated carbocycles. The molecular weight excluding hydrogens is 592 g/mol. The lowest BCUT2D eigenvalue weighted by Gasteiger charge is -2.72. The third-order valence-electron chi connectivity index (χ3n) is 17.0. The van der Waals surface area contributed by atoms with Gasteiger partial charge in [-0.1, -0.05) is 92.6 Å². The predicted octanol–water partition coefficient (Wildman–Crippen LogP) is 9.98. The van der Waals surface area contributed by atoms with Crippen LogP contribution < -0.4 is 0 Å². The molecule has 5 fully saturated rings. The first-order valence-electron chi connectivity index (χ1n) is 19.4. The van der Waals surface area contributed by atoms with E-state index in [9.17, 15) is 14.4 Å². The van der Waals surface area contributed by atoms with Crippen molar-refractivity contribution in [3.63, 3.8) is 0 Å². The molecule has 0 spiro atoms. The molecular formula is C44H62O4. The Kier molecular flexibility index (Phi) is 7.94. The highest BCUT2D eigenvalue weighted by Crippen LogP contribution is 2.76. The van der Waals surface area contributed by atoms with Gasteiger partial charge in [0.2, 0.25) is 0 Å². The lowest BCUT2D eigenvalue weighted by molar-refractivity contribution is -0.236. The first kappa shape index (κ1) is 34.2. The summed E-state index contributed by atoms with van der Waals surface area (Å²) >= 11 is 0. The fourth-order valence-electron chi connectivity index (χ4n) is 13.9. The zero-order valence-corrected chi connectivity index (χ0v) is 31.4. The second kappa shape index (κ2) is 11.1. The second-order valence-electron chi connectivity index (χ2n) is 19.8. The summed E-state index contributed by atoms with van der Waals surface area (Å²) < 4.78 is 6.61. The number of aldehydes is 1. The van der Waals surface area contributed by atoms with Gasteiger partial charge in [0.1, 0.15) is 12.4 Å². The Morgan fingerprint density at radius 3 is 2.21 bits per heavy atom. The van der Waals surface area contributed by atoms with Gasteiger partial charge in [0.15, 0.2) is 5.78 Å². The van der Waals surface area contributed by atoms with Gasteiger partial charge >= 0.3 is 5.97 Å². The van der Waals surface area contributed by atoms with Crippen LogP contribution in [0.4, 0.5) is 0 Å². The summed E-state index contributed by atoms with van der Waals surface area (Å²) in [5.41, 5.74) is 3.25. The Bertz CT molecular complexity index is 1520. The quantitative estimate of drug-likeness (QED) is 0.226. The van der Waals surface area contributed by atoms with Crippen LogP contribution in [0.5, 0.6) is 0 Å². The zero-order valence-electron chi connectivity index (χ0n) is 31.4. The van der Waals surface area contributed by atoms with Crippen molar-refractivity contribution in [2.24, 2.45) is 68.0 Å². The molecule has 1 aromatic rings. The molecule has 48 heavy (non-hydrogen) atoms. The van der Waals surface area contributed by atoms with Crippen molar-refractivity contribution in [2.75, 3.05) is 0 Å². The Morgan fingerprint density at radius 2 is 1.56 bits per heavy atom. The number of ether oxygens (including phenoxy) is 1. The first-order chi connectivity index (χ1) is 22.5. The lowest BCUT2D eigenvalue weighted by atomic mass is 9.33. The highest BCUT2D eigenvalue weighted by atomic mass is 16.5. The first-order valence-corrected chi connectivity index (χ1v) is 19.4. The molecule has 7 rings (SSSR count). The topological polar surface area (TPSA) is 60.4 Å². The number of fused-ring (bicyclic) bond motifs is 7. The normalized spacial score (nSPS) is 44.2. The molecule has 0 amide bonds. The van der Waals surface area contributed by atoms with Crippen LogP contribution in [-0.2, 0) is 25.5 Å². The molecule has 0 heterocycles. The van der Waals surface area contributed by atoms with Crippen LogP contribution in [0, 0.1) is 68.0 Å². The molecule has 10 atom stereocenters. The Morgan fingerprint density at radius 1 is 0.854 bits per heavy atom. The van der Waals surface area contributed by atoms with Crippen molar-refractivity contribution >= 4 is 18.0 Å². The number of ketones is 1. The smallest absolute Gasteiger partial charge is 0.309 e. The van der Waals surface area contributed by atoms with Crippen molar-refractivity contribution in [3.05, 3.63) is 47.0 Å². The van der Waals surface area contributed by atoms with E-state index in [1.54, 1.807) is 0 Å². The summed E-state index contributed by atoms with van der Waals surface area (Å²) in [7, 11) is 0. The summed E-state index contributed by atoms with van der Waals surface area (Å²) in [6.45, 7) is 21.3. The van der Waals surface area contributed by atoms with Crippen molar-refractivity contribution in [2.45, 2.75) is 139 Å². The van der Waals surface area contributed by atoms with Crippen molar-refractivity contribution < 1.29 is 19.1 Å². The van der Waals surface area contributed by atoms with E-state index in [4.69, 9.17) is 4.74 Å². The van der Waals surface area contributed by atoms with Gasteiger partial charge in [-0.05, 0) is 132 Å². The average Bonchev–Trinajstić information content (AvgIpc) is 3.34. The maximum absolute atomic E-state index is 13.9. The van der Waals surface area contributed by atoms with E-state index in [1.807, 2.05) is 0 Å². The van der Waals surface area contributed by atoms with Gasteiger partial charge < -0.3 is 9.53 Å². The molecule has 0 saturated heterocycles. The molecule has 0 aromatic heterocycles. The van der Waals surface area contributed by atoms with Gasteiger partial charge in [-0.3, -0.25) is 9.59 Å². The minimum atomic E-state index is -0.564. The molecule has 0 unspecified atom stereocenters. The monoisotopic (exact) mass is 654 g/mol. The lowest BCUT2D eigenvalue weighted by Crippen LogP contribution is -2.66. The second-order valence-corrected chi connectivity index (χ2v) is 19.8. The van der Waals surface area contributed by atoms with E-state index < -0.39 is 5.41 Å². The number of allylic oxidation sites excluding steroid dienone is 2. The summed E-state index contributed by atoms with van der Waals surface area (Å²) in [5, 5.41) is 0. The van der Waals surface area contributed by atoms with Crippen LogP contribution in [0.3, 0.4) is 0 Å². The third-order valence-corrected chi connectivity index (χ3v) is 17.0. The standard InChI is InChI=1S/C44H62O4/c1-27(2)36-32(46)25-44(26-45)22-21-42(8)30(37(36)44)15-16-34-41(7)19-18-35(40(5,6)33(41)17-20-43(34,42)9)48-38(47)31-24-29(39(31,3)4)23-28-13-11-10-12-14-28/h10-14,26-27,29-31,33-35H,15-25H2,1-9H3/t29-,30-,31-,33+,34-,35+,41+,42-,43-,44+/m1/s1. The van der Waals surface area contributed by atoms with Gasteiger partial charge in [0.05, 0.1) is 11.3 Å². The number of Topliss-reactive ketones (excluding diaryl/α,β-unsaturated/α-hetero) is 1. The molecule has 0 radical (unpaired) electrons. The van der Waals surface area contributed by atoms with E-state index in [2.05, 4.69) is 92.6 Å².